The molecule has 0 saturated carbocycles. The van der Waals surface area contributed by atoms with Crippen molar-refractivity contribution in [1.29, 1.82) is 0 Å². The van der Waals surface area contributed by atoms with Gasteiger partial charge in [-0.1, -0.05) is 37.3 Å². The van der Waals surface area contributed by atoms with Crippen LogP contribution >= 0.6 is 11.3 Å². The van der Waals surface area contributed by atoms with Gasteiger partial charge in [0.05, 0.1) is 5.69 Å². The lowest BCUT2D eigenvalue weighted by Crippen LogP contribution is -2.29. The van der Waals surface area contributed by atoms with E-state index < -0.39 is 18.0 Å². The molecule has 1 N–H and O–H groups in total. The lowest BCUT2D eigenvalue weighted by atomic mass is 10.1. The predicted molar refractivity (Wildman–Crippen MR) is 95.9 cm³/mol. The Morgan fingerprint density at radius 3 is 2.67 bits per heavy atom. The van der Waals surface area contributed by atoms with E-state index in [4.69, 9.17) is 4.74 Å². The summed E-state index contributed by atoms with van der Waals surface area (Å²) in [6.07, 6.45) is 2.93. The zero-order chi connectivity index (χ0) is 17.5. The number of amides is 1. The number of thiazole rings is 1. The number of carbonyl (C=O) groups excluding carboxylic acids is 2. The average molecular weight is 344 g/mol. The molecule has 0 aliphatic heterocycles. The van der Waals surface area contributed by atoms with Crippen LogP contribution in [0.3, 0.4) is 0 Å². The number of allylic oxidation sites excluding steroid dienone is 1. The molecule has 24 heavy (non-hydrogen) atoms. The van der Waals surface area contributed by atoms with Gasteiger partial charge in [-0.15, -0.1) is 11.3 Å². The summed E-state index contributed by atoms with van der Waals surface area (Å²) in [6.45, 7) is 5.33. The summed E-state index contributed by atoms with van der Waals surface area (Å²) in [4.78, 5) is 27.8. The van der Waals surface area contributed by atoms with Crippen molar-refractivity contribution < 1.29 is 14.3 Å². The Morgan fingerprint density at radius 2 is 2.04 bits per heavy atom. The van der Waals surface area contributed by atoms with Gasteiger partial charge in [0, 0.05) is 17.0 Å². The molecular formula is C18H20N2O3S. The number of hydrogen-bond donors (Lipinski definition) is 1. The molecule has 0 unspecified atom stereocenters. The second kappa shape index (κ2) is 8.40. The molecule has 1 aromatic carbocycles. The third kappa shape index (κ3) is 4.76. The second-order valence-electron chi connectivity index (χ2n) is 5.16. The Morgan fingerprint density at radius 1 is 1.33 bits per heavy atom. The quantitative estimate of drug-likeness (QED) is 0.639. The first-order valence-corrected chi connectivity index (χ1v) is 8.60. The summed E-state index contributed by atoms with van der Waals surface area (Å²) in [5.74, 6) is -0.953. The monoisotopic (exact) mass is 344 g/mol. The van der Waals surface area contributed by atoms with Crippen molar-refractivity contribution in [3.63, 3.8) is 0 Å². The second-order valence-corrected chi connectivity index (χ2v) is 6.01. The SMILES string of the molecule is C/C=C/C(=O)O[C@H](C)C(=O)Nc1nc(-c2ccc(CC)cc2)cs1. The van der Waals surface area contributed by atoms with Gasteiger partial charge < -0.3 is 4.74 Å². The lowest BCUT2D eigenvalue weighted by molar-refractivity contribution is -0.148. The summed E-state index contributed by atoms with van der Waals surface area (Å²) in [7, 11) is 0. The van der Waals surface area contributed by atoms with Crippen molar-refractivity contribution in [2.24, 2.45) is 0 Å². The van der Waals surface area contributed by atoms with Gasteiger partial charge in [-0.3, -0.25) is 10.1 Å². The van der Waals surface area contributed by atoms with E-state index >= 15 is 0 Å². The fraction of sp³-hybridized carbons (Fsp3) is 0.278. The molecule has 126 valence electrons. The number of ether oxygens (including phenoxy) is 1. The van der Waals surface area contributed by atoms with Crippen LogP contribution in [0.5, 0.6) is 0 Å². The molecule has 0 spiro atoms. The molecule has 6 heteroatoms. The number of nitrogens with zero attached hydrogens (tertiary/aromatic N) is 1. The number of esters is 1. The molecule has 0 radical (unpaired) electrons. The first-order chi connectivity index (χ1) is 11.5. The summed E-state index contributed by atoms with van der Waals surface area (Å²) in [6, 6.07) is 8.16. The van der Waals surface area contributed by atoms with Gasteiger partial charge in [0.1, 0.15) is 0 Å². The van der Waals surface area contributed by atoms with Gasteiger partial charge in [0.25, 0.3) is 5.91 Å². The number of aromatic nitrogens is 1. The van der Waals surface area contributed by atoms with Crippen LogP contribution in [0.1, 0.15) is 26.3 Å². The number of rotatable bonds is 6. The standard InChI is InChI=1S/C18H20N2O3S/c1-4-6-16(21)23-12(3)17(22)20-18-19-15(11-24-18)14-9-7-13(5-2)8-10-14/h4,6-12H,5H2,1-3H3,(H,19,20,22)/b6-4+/t12-/m1/s1. The highest BCUT2D eigenvalue weighted by Gasteiger charge is 2.18. The maximum atomic E-state index is 12.0. The molecule has 0 saturated heterocycles. The molecule has 1 amide bonds. The molecule has 0 bridgehead atoms. The molecule has 2 aromatic rings. The van der Waals surface area contributed by atoms with Gasteiger partial charge in [0.2, 0.25) is 0 Å². The third-order valence-electron chi connectivity index (χ3n) is 3.36. The number of hydrogen-bond acceptors (Lipinski definition) is 5. The van der Waals surface area contributed by atoms with Crippen molar-refractivity contribution in [2.75, 3.05) is 5.32 Å². The smallest absolute Gasteiger partial charge is 0.331 e. The van der Waals surface area contributed by atoms with E-state index in [0.29, 0.717) is 5.13 Å². The van der Waals surface area contributed by atoms with Crippen LogP contribution < -0.4 is 5.32 Å². The van der Waals surface area contributed by atoms with Crippen molar-refractivity contribution in [1.82, 2.24) is 4.98 Å². The van der Waals surface area contributed by atoms with Crippen LogP contribution in [0.25, 0.3) is 11.3 Å². The van der Waals surface area contributed by atoms with Crippen LogP contribution in [-0.2, 0) is 20.7 Å². The lowest BCUT2D eigenvalue weighted by Gasteiger charge is -2.10. The van der Waals surface area contributed by atoms with Crippen LogP contribution in [0, 0.1) is 0 Å². The molecule has 1 aromatic heterocycles. The van der Waals surface area contributed by atoms with Gasteiger partial charge in [-0.2, -0.15) is 0 Å². The van der Waals surface area contributed by atoms with Gasteiger partial charge >= 0.3 is 5.97 Å². The van der Waals surface area contributed by atoms with Crippen molar-refractivity contribution in [3.05, 3.63) is 47.4 Å². The fourth-order valence-corrected chi connectivity index (χ4v) is 2.71. The Hall–Kier alpha value is -2.47. The largest absolute Gasteiger partial charge is 0.449 e. The summed E-state index contributed by atoms with van der Waals surface area (Å²) < 4.78 is 4.98. The van der Waals surface area contributed by atoms with Crippen LogP contribution in [0.2, 0.25) is 0 Å². The minimum absolute atomic E-state index is 0.407. The highest BCUT2D eigenvalue weighted by atomic mass is 32.1. The van der Waals surface area contributed by atoms with E-state index in [2.05, 4.69) is 29.4 Å². The van der Waals surface area contributed by atoms with E-state index in [1.54, 1.807) is 13.0 Å². The van der Waals surface area contributed by atoms with E-state index in [9.17, 15) is 9.59 Å². The molecule has 1 atom stereocenters. The van der Waals surface area contributed by atoms with Crippen LogP contribution in [0.4, 0.5) is 5.13 Å². The van der Waals surface area contributed by atoms with Gasteiger partial charge in [0.15, 0.2) is 11.2 Å². The first kappa shape index (κ1) is 17.9. The molecular weight excluding hydrogens is 324 g/mol. The number of aryl methyl sites for hydroxylation is 1. The first-order valence-electron chi connectivity index (χ1n) is 7.72. The van der Waals surface area contributed by atoms with E-state index in [0.717, 1.165) is 17.7 Å². The van der Waals surface area contributed by atoms with Crippen LogP contribution in [0.15, 0.2) is 41.8 Å². The molecule has 1 heterocycles. The Balaban J connectivity index is 1.99. The van der Waals surface area contributed by atoms with Gasteiger partial charge in [-0.25, -0.2) is 9.78 Å². The third-order valence-corrected chi connectivity index (χ3v) is 4.11. The number of carbonyl (C=O) groups is 2. The predicted octanol–water partition coefficient (Wildman–Crippen LogP) is 3.82. The number of anilines is 1. The van der Waals surface area contributed by atoms with E-state index in [1.165, 1.54) is 29.9 Å². The van der Waals surface area contributed by atoms with E-state index in [1.807, 2.05) is 17.5 Å². The highest BCUT2D eigenvalue weighted by Crippen LogP contribution is 2.25. The topological polar surface area (TPSA) is 68.3 Å². The fourth-order valence-electron chi connectivity index (χ4n) is 1.99. The normalized spacial score (nSPS) is 12.1. The number of benzene rings is 1. The number of nitrogens with one attached hydrogen (secondary N) is 1. The maximum absolute atomic E-state index is 12.0. The zero-order valence-electron chi connectivity index (χ0n) is 13.9. The average Bonchev–Trinajstić information content (AvgIpc) is 3.03. The van der Waals surface area contributed by atoms with Crippen molar-refractivity contribution in [2.45, 2.75) is 33.3 Å². The highest BCUT2D eigenvalue weighted by molar-refractivity contribution is 7.14. The van der Waals surface area contributed by atoms with Crippen LogP contribution in [-0.4, -0.2) is 23.0 Å². The molecule has 2 rings (SSSR count). The summed E-state index contributed by atoms with van der Waals surface area (Å²) in [5, 5.41) is 5.03. The summed E-state index contributed by atoms with van der Waals surface area (Å²) >= 11 is 1.33. The molecule has 0 aliphatic rings. The maximum Gasteiger partial charge on any atom is 0.331 e. The Bertz CT molecular complexity index is 735. The van der Waals surface area contributed by atoms with Gasteiger partial charge in [-0.05, 0) is 25.8 Å². The van der Waals surface area contributed by atoms with E-state index in [-0.39, 0.29) is 0 Å². The molecule has 0 fully saturated rings. The van der Waals surface area contributed by atoms with Crippen molar-refractivity contribution in [3.8, 4) is 11.3 Å². The minimum atomic E-state index is -0.884. The molecule has 5 nitrogen and oxygen atoms in total. The minimum Gasteiger partial charge on any atom is -0.449 e. The molecule has 0 aliphatic carbocycles. The summed E-state index contributed by atoms with van der Waals surface area (Å²) in [5.41, 5.74) is 3.06. The Kier molecular flexibility index (Phi) is 6.26. The zero-order valence-corrected chi connectivity index (χ0v) is 14.7. The Labute approximate surface area is 145 Å². The van der Waals surface area contributed by atoms with Crippen molar-refractivity contribution >= 4 is 28.3 Å².